The molecule has 1 aromatic heterocycles. The molecule has 6 heteroatoms. The summed E-state index contributed by atoms with van der Waals surface area (Å²) in [5.41, 5.74) is 2.83. The summed E-state index contributed by atoms with van der Waals surface area (Å²) in [4.78, 5) is 26.2. The molecule has 0 saturated carbocycles. The number of anilines is 1. The fourth-order valence-corrected chi connectivity index (χ4v) is 4.72. The van der Waals surface area contributed by atoms with E-state index in [4.69, 9.17) is 4.74 Å². The minimum atomic E-state index is -0.325. The molecule has 3 N–H and O–H groups in total. The number of hydrogen-bond donors (Lipinski definition) is 2. The number of benzene rings is 1. The summed E-state index contributed by atoms with van der Waals surface area (Å²) in [6.07, 6.45) is 4.06. The lowest BCUT2D eigenvalue weighted by Gasteiger charge is -2.13. The van der Waals surface area contributed by atoms with Gasteiger partial charge in [-0.15, -0.1) is 11.3 Å². The Morgan fingerprint density at radius 1 is 1.22 bits per heavy atom. The number of quaternary nitrogens is 1. The predicted octanol–water partition coefficient (Wildman–Crippen LogP) is 3.07. The summed E-state index contributed by atoms with van der Waals surface area (Å²) in [5, 5.41) is 5.61. The van der Waals surface area contributed by atoms with Gasteiger partial charge in [0.05, 0.1) is 12.2 Å². The van der Waals surface area contributed by atoms with Crippen LogP contribution in [0.5, 0.6) is 0 Å². The van der Waals surface area contributed by atoms with Crippen molar-refractivity contribution in [1.29, 1.82) is 0 Å². The van der Waals surface area contributed by atoms with E-state index in [1.165, 1.54) is 21.8 Å². The van der Waals surface area contributed by atoms with Crippen molar-refractivity contribution < 1.29 is 19.6 Å². The Balaban J connectivity index is 1.68. The number of esters is 1. The number of hydrogen-bond acceptors (Lipinski definition) is 4. The number of amides is 1. The molecule has 1 atom stereocenters. The van der Waals surface area contributed by atoms with Crippen LogP contribution in [0.2, 0.25) is 0 Å². The molecule has 1 aliphatic rings. The zero-order chi connectivity index (χ0) is 19.2. The molecule has 1 aliphatic carbocycles. The summed E-state index contributed by atoms with van der Waals surface area (Å²) in [7, 11) is 0. The van der Waals surface area contributed by atoms with Crippen LogP contribution in [0, 0.1) is 0 Å². The number of carbonyl (C=O) groups is 2. The first-order chi connectivity index (χ1) is 13.1. The molecule has 2 aromatic rings. The van der Waals surface area contributed by atoms with Crippen LogP contribution in [0.3, 0.4) is 0 Å². The van der Waals surface area contributed by atoms with Crippen molar-refractivity contribution in [1.82, 2.24) is 0 Å². The Hall–Kier alpha value is -2.18. The molecule has 0 unspecified atom stereocenters. The van der Waals surface area contributed by atoms with E-state index < -0.39 is 0 Å². The molecular weight excluding hydrogens is 360 g/mol. The van der Waals surface area contributed by atoms with Crippen LogP contribution < -0.4 is 10.6 Å². The number of thiophene rings is 1. The van der Waals surface area contributed by atoms with E-state index in [0.717, 1.165) is 31.2 Å². The third-order valence-electron chi connectivity index (χ3n) is 4.89. The Bertz CT molecular complexity index is 801. The van der Waals surface area contributed by atoms with Crippen LogP contribution >= 0.6 is 11.3 Å². The molecule has 27 heavy (non-hydrogen) atoms. The topological polar surface area (TPSA) is 72.0 Å². The summed E-state index contributed by atoms with van der Waals surface area (Å²) in [6.45, 7) is 4.52. The van der Waals surface area contributed by atoms with Gasteiger partial charge in [-0.3, -0.25) is 4.79 Å². The van der Waals surface area contributed by atoms with Crippen molar-refractivity contribution in [2.75, 3.05) is 18.5 Å². The van der Waals surface area contributed by atoms with Gasteiger partial charge in [-0.1, -0.05) is 30.3 Å². The average molecular weight is 388 g/mol. The number of nitrogens with one attached hydrogen (secondary N) is 1. The first-order valence-corrected chi connectivity index (χ1v) is 10.4. The Morgan fingerprint density at radius 2 is 1.96 bits per heavy atom. The third kappa shape index (κ3) is 4.76. The first kappa shape index (κ1) is 19.6. The van der Waals surface area contributed by atoms with E-state index in [-0.39, 0.29) is 17.9 Å². The molecule has 0 spiro atoms. The number of fused-ring (bicyclic) bond motifs is 1. The van der Waals surface area contributed by atoms with Gasteiger partial charge in [0.2, 0.25) is 0 Å². The highest BCUT2D eigenvalue weighted by molar-refractivity contribution is 7.17. The number of carbonyl (C=O) groups excluding carboxylic acids is 2. The van der Waals surface area contributed by atoms with Crippen molar-refractivity contribution in [3.05, 3.63) is 51.9 Å². The second kappa shape index (κ2) is 9.15. The highest BCUT2D eigenvalue weighted by atomic mass is 32.1. The van der Waals surface area contributed by atoms with Gasteiger partial charge in [-0.05, 0) is 45.1 Å². The third-order valence-corrected chi connectivity index (χ3v) is 6.09. The minimum Gasteiger partial charge on any atom is -0.462 e. The van der Waals surface area contributed by atoms with Crippen LogP contribution in [-0.2, 0) is 22.4 Å². The molecular formula is C21H27N2O3S+. The highest BCUT2D eigenvalue weighted by Crippen LogP contribution is 2.38. The van der Waals surface area contributed by atoms with E-state index in [0.29, 0.717) is 23.7 Å². The van der Waals surface area contributed by atoms with Crippen molar-refractivity contribution in [2.24, 2.45) is 0 Å². The average Bonchev–Trinajstić information content (AvgIpc) is 3.04. The quantitative estimate of drug-likeness (QED) is 0.717. The fourth-order valence-electron chi connectivity index (χ4n) is 3.43. The molecule has 1 amide bonds. The van der Waals surface area contributed by atoms with E-state index >= 15 is 0 Å². The Labute approximate surface area is 164 Å². The summed E-state index contributed by atoms with van der Waals surface area (Å²) >= 11 is 1.53. The van der Waals surface area contributed by atoms with Crippen molar-refractivity contribution in [3.8, 4) is 0 Å². The summed E-state index contributed by atoms with van der Waals surface area (Å²) in [5.74, 6) is -0.421. The SMILES string of the molecule is CCOC(=O)c1c(NC(=O)C[NH2+][C@@H](C)c2ccccc2)sc2c1CCCC2. The Kier molecular flexibility index (Phi) is 6.63. The summed E-state index contributed by atoms with van der Waals surface area (Å²) in [6, 6.07) is 10.3. The van der Waals surface area contributed by atoms with Crippen LogP contribution in [0.25, 0.3) is 0 Å². The molecule has 0 bridgehead atoms. The van der Waals surface area contributed by atoms with E-state index in [2.05, 4.69) is 24.4 Å². The predicted molar refractivity (Wildman–Crippen MR) is 107 cm³/mol. The molecule has 1 heterocycles. The fraction of sp³-hybridized carbons (Fsp3) is 0.429. The standard InChI is InChI=1S/C21H26N2O3S/c1-3-26-21(25)19-16-11-7-8-12-17(16)27-20(19)23-18(24)13-22-14(2)15-9-5-4-6-10-15/h4-6,9-10,14,22H,3,7-8,11-13H2,1-2H3,(H,23,24)/p+1/t14-/m0/s1. The van der Waals surface area contributed by atoms with Crippen LogP contribution in [-0.4, -0.2) is 25.0 Å². The van der Waals surface area contributed by atoms with E-state index in [1.54, 1.807) is 6.92 Å². The van der Waals surface area contributed by atoms with Crippen LogP contribution in [0.1, 0.15) is 59.1 Å². The second-order valence-electron chi connectivity index (χ2n) is 6.82. The molecule has 0 fully saturated rings. The molecule has 5 nitrogen and oxygen atoms in total. The maximum absolute atomic E-state index is 12.5. The van der Waals surface area contributed by atoms with Gasteiger partial charge in [-0.25, -0.2) is 4.79 Å². The van der Waals surface area contributed by atoms with Gasteiger partial charge in [0.25, 0.3) is 5.91 Å². The van der Waals surface area contributed by atoms with Gasteiger partial charge in [0.15, 0.2) is 6.54 Å². The molecule has 1 aromatic carbocycles. The van der Waals surface area contributed by atoms with Gasteiger partial charge >= 0.3 is 5.97 Å². The lowest BCUT2D eigenvalue weighted by molar-refractivity contribution is -0.682. The first-order valence-electron chi connectivity index (χ1n) is 9.60. The van der Waals surface area contributed by atoms with Crippen LogP contribution in [0.15, 0.2) is 30.3 Å². The zero-order valence-electron chi connectivity index (χ0n) is 15.9. The van der Waals surface area contributed by atoms with E-state index in [9.17, 15) is 9.59 Å². The van der Waals surface area contributed by atoms with Gasteiger partial charge in [-0.2, -0.15) is 0 Å². The number of rotatable bonds is 7. The number of aryl methyl sites for hydroxylation is 1. The highest BCUT2D eigenvalue weighted by Gasteiger charge is 2.27. The van der Waals surface area contributed by atoms with Crippen molar-refractivity contribution in [2.45, 2.75) is 45.6 Å². The van der Waals surface area contributed by atoms with Gasteiger partial charge in [0.1, 0.15) is 11.0 Å². The zero-order valence-corrected chi connectivity index (χ0v) is 16.7. The monoisotopic (exact) mass is 387 g/mol. The van der Waals surface area contributed by atoms with Gasteiger partial charge < -0.3 is 15.4 Å². The lowest BCUT2D eigenvalue weighted by Crippen LogP contribution is -2.86. The molecule has 0 aliphatic heterocycles. The summed E-state index contributed by atoms with van der Waals surface area (Å²) < 4.78 is 5.24. The molecule has 0 radical (unpaired) electrons. The second-order valence-corrected chi connectivity index (χ2v) is 7.93. The number of ether oxygens (including phenoxy) is 1. The van der Waals surface area contributed by atoms with Crippen molar-refractivity contribution >= 4 is 28.2 Å². The lowest BCUT2D eigenvalue weighted by atomic mass is 9.95. The van der Waals surface area contributed by atoms with Crippen molar-refractivity contribution in [3.63, 3.8) is 0 Å². The maximum atomic E-state index is 12.5. The Morgan fingerprint density at radius 3 is 2.70 bits per heavy atom. The maximum Gasteiger partial charge on any atom is 0.341 e. The molecule has 0 saturated heterocycles. The van der Waals surface area contributed by atoms with Crippen LogP contribution in [0.4, 0.5) is 5.00 Å². The van der Waals surface area contributed by atoms with E-state index in [1.807, 2.05) is 23.5 Å². The van der Waals surface area contributed by atoms with Gasteiger partial charge in [0, 0.05) is 10.4 Å². The largest absolute Gasteiger partial charge is 0.462 e. The number of nitrogens with two attached hydrogens (primary N) is 1. The molecule has 144 valence electrons. The minimum absolute atomic E-state index is 0.0954. The smallest absolute Gasteiger partial charge is 0.341 e. The normalized spacial score (nSPS) is 14.3. The molecule has 3 rings (SSSR count).